The number of methoxy groups -OCH3 is 1. The molecule has 1 aromatic carbocycles. The highest BCUT2D eigenvalue weighted by Gasteiger charge is 2.14. The van der Waals surface area contributed by atoms with E-state index in [0.29, 0.717) is 21.1 Å². The molecule has 17 heavy (non-hydrogen) atoms. The second-order valence-electron chi connectivity index (χ2n) is 3.45. The van der Waals surface area contributed by atoms with Crippen LogP contribution in [0.1, 0.15) is 12.0 Å². The van der Waals surface area contributed by atoms with E-state index in [1.807, 2.05) is 0 Å². The fourth-order valence-corrected chi connectivity index (χ4v) is 2.07. The summed E-state index contributed by atoms with van der Waals surface area (Å²) in [5.41, 5.74) is 0.343. The highest BCUT2D eigenvalue weighted by atomic mass is 79.9. The van der Waals surface area contributed by atoms with Gasteiger partial charge in [-0.1, -0.05) is 0 Å². The monoisotopic (exact) mass is 299 g/mol. The summed E-state index contributed by atoms with van der Waals surface area (Å²) < 4.78 is 5.73. The van der Waals surface area contributed by atoms with Crippen LogP contribution in [0.5, 0.6) is 11.5 Å². The lowest BCUT2D eigenvalue weighted by molar-refractivity contribution is -0.0470. The predicted octanol–water partition coefficient (Wildman–Crippen LogP) is 1.69. The average Bonchev–Trinajstić information content (AvgIpc) is 2.27. The summed E-state index contributed by atoms with van der Waals surface area (Å²) in [7, 11) is 1.53. The van der Waals surface area contributed by atoms with Crippen molar-refractivity contribution in [2.45, 2.75) is 6.29 Å². The van der Waals surface area contributed by atoms with Gasteiger partial charge in [0.1, 0.15) is 17.2 Å². The van der Waals surface area contributed by atoms with Gasteiger partial charge in [0, 0.05) is 9.86 Å². The first-order valence-electron chi connectivity index (χ1n) is 4.76. The first kappa shape index (κ1) is 12.1. The van der Waals surface area contributed by atoms with Crippen molar-refractivity contribution in [3.63, 3.8) is 0 Å². The summed E-state index contributed by atoms with van der Waals surface area (Å²) in [5.74, 6) is 0.343. The van der Waals surface area contributed by atoms with Crippen LogP contribution in [0, 0.1) is 0 Å². The van der Waals surface area contributed by atoms with E-state index < -0.39 is 6.29 Å². The third-order valence-corrected chi connectivity index (χ3v) is 2.94. The summed E-state index contributed by atoms with van der Waals surface area (Å²) in [4.78, 5) is 4.00. The van der Waals surface area contributed by atoms with Crippen LogP contribution < -0.4 is 4.74 Å². The van der Waals surface area contributed by atoms with Crippen LogP contribution in [0.25, 0.3) is 10.9 Å². The van der Waals surface area contributed by atoms with Gasteiger partial charge in [-0.3, -0.25) is 0 Å². The molecule has 0 spiro atoms. The molecule has 0 saturated heterocycles. The van der Waals surface area contributed by atoms with Gasteiger partial charge in [0.15, 0.2) is 6.29 Å². The molecular formula is C11H10BrNO4. The average molecular weight is 300 g/mol. The van der Waals surface area contributed by atoms with Gasteiger partial charge in [0.25, 0.3) is 0 Å². The van der Waals surface area contributed by atoms with E-state index >= 15 is 0 Å². The lowest BCUT2D eigenvalue weighted by Crippen LogP contribution is -2.00. The van der Waals surface area contributed by atoms with Crippen molar-refractivity contribution in [3.8, 4) is 11.5 Å². The van der Waals surface area contributed by atoms with Gasteiger partial charge >= 0.3 is 0 Å². The molecule has 0 aliphatic rings. The summed E-state index contributed by atoms with van der Waals surface area (Å²) in [6.07, 6.45) is -1.81. The largest absolute Gasteiger partial charge is 0.506 e. The predicted molar refractivity (Wildman–Crippen MR) is 64.8 cm³/mol. The zero-order valence-electron chi connectivity index (χ0n) is 8.88. The topological polar surface area (TPSA) is 82.8 Å². The summed E-state index contributed by atoms with van der Waals surface area (Å²) >= 11 is 3.31. The zero-order chi connectivity index (χ0) is 12.6. The van der Waals surface area contributed by atoms with Crippen LogP contribution in [0.15, 0.2) is 22.7 Å². The second kappa shape index (κ2) is 4.48. The third kappa shape index (κ3) is 2.19. The summed E-state index contributed by atoms with van der Waals surface area (Å²) in [5, 5.41) is 28.3. The highest BCUT2D eigenvalue weighted by Crippen LogP contribution is 2.32. The van der Waals surface area contributed by atoms with Crippen molar-refractivity contribution in [1.82, 2.24) is 4.98 Å². The molecule has 0 radical (unpaired) electrons. The Hall–Kier alpha value is -1.37. The zero-order valence-corrected chi connectivity index (χ0v) is 10.5. The molecular weight excluding hydrogens is 290 g/mol. The Kier molecular flexibility index (Phi) is 3.19. The maximum atomic E-state index is 9.59. The molecule has 90 valence electrons. The van der Waals surface area contributed by atoms with Crippen LogP contribution >= 0.6 is 15.9 Å². The Morgan fingerprint density at radius 2 is 2.00 bits per heavy atom. The number of aliphatic hydroxyl groups is 2. The normalized spacial score (nSPS) is 11.1. The Bertz CT molecular complexity index is 571. The van der Waals surface area contributed by atoms with E-state index in [0.717, 1.165) is 0 Å². The maximum Gasteiger partial charge on any atom is 0.199 e. The molecule has 2 rings (SSSR count). The van der Waals surface area contributed by atoms with E-state index in [1.54, 1.807) is 12.1 Å². The lowest BCUT2D eigenvalue weighted by atomic mass is 10.1. The Morgan fingerprint density at radius 3 is 2.59 bits per heavy atom. The van der Waals surface area contributed by atoms with E-state index in [-0.39, 0.29) is 11.4 Å². The number of aromatic nitrogens is 1. The Balaban J connectivity index is 2.74. The molecule has 0 aliphatic heterocycles. The fourth-order valence-electron chi connectivity index (χ4n) is 1.53. The quantitative estimate of drug-likeness (QED) is 0.735. The first-order valence-corrected chi connectivity index (χ1v) is 5.55. The molecule has 0 saturated carbocycles. The number of fused-ring (bicyclic) bond motifs is 1. The number of aliphatic hydroxyl groups excluding tert-OH is 1. The number of aromatic hydroxyl groups is 1. The number of pyridine rings is 1. The first-order chi connectivity index (χ1) is 8.02. The van der Waals surface area contributed by atoms with Crippen LogP contribution in [-0.4, -0.2) is 27.4 Å². The van der Waals surface area contributed by atoms with Gasteiger partial charge in [0.2, 0.25) is 0 Å². The van der Waals surface area contributed by atoms with E-state index in [2.05, 4.69) is 20.9 Å². The molecule has 1 aromatic heterocycles. The van der Waals surface area contributed by atoms with Crippen LogP contribution in [0.4, 0.5) is 0 Å². The molecule has 3 N–H and O–H groups in total. The Labute approximate surface area is 105 Å². The fraction of sp³-hybridized carbons (Fsp3) is 0.182. The summed E-state index contributed by atoms with van der Waals surface area (Å²) in [6.45, 7) is 0. The molecule has 5 nitrogen and oxygen atoms in total. The number of ether oxygens (including phenoxy) is 1. The molecule has 0 bridgehead atoms. The van der Waals surface area contributed by atoms with Crippen LogP contribution in [0.2, 0.25) is 0 Å². The van der Waals surface area contributed by atoms with Crippen molar-refractivity contribution in [3.05, 3.63) is 28.4 Å². The number of halogens is 1. The number of hydrogen-bond donors (Lipinski definition) is 3. The van der Waals surface area contributed by atoms with E-state index in [4.69, 9.17) is 14.9 Å². The van der Waals surface area contributed by atoms with Gasteiger partial charge < -0.3 is 20.1 Å². The van der Waals surface area contributed by atoms with E-state index in [1.165, 1.54) is 13.2 Å². The van der Waals surface area contributed by atoms with Crippen LogP contribution in [0.3, 0.4) is 0 Å². The molecule has 0 fully saturated rings. The molecule has 0 atom stereocenters. The second-order valence-corrected chi connectivity index (χ2v) is 4.30. The molecule has 6 heteroatoms. The van der Waals surface area contributed by atoms with E-state index in [9.17, 15) is 5.11 Å². The standard InChI is InChI=1S/C11H10BrNO4/c1-17-6-2-5-3-8(14)10(11(15)16)13-9(5)7(12)4-6/h2-4,11,14-16H,1H3. The van der Waals surface area contributed by atoms with Gasteiger partial charge in [0.05, 0.1) is 12.6 Å². The SMILES string of the molecule is COc1cc(Br)c2nc(C(O)O)c(O)cc2c1. The smallest absolute Gasteiger partial charge is 0.199 e. The minimum absolute atomic E-state index is 0.177. The summed E-state index contributed by atoms with van der Waals surface area (Å²) in [6, 6.07) is 4.81. The van der Waals surface area contributed by atoms with Crippen LogP contribution in [-0.2, 0) is 0 Å². The van der Waals surface area contributed by atoms with Crippen molar-refractivity contribution in [1.29, 1.82) is 0 Å². The van der Waals surface area contributed by atoms with Crippen molar-refractivity contribution in [2.24, 2.45) is 0 Å². The van der Waals surface area contributed by atoms with Gasteiger partial charge in [-0.15, -0.1) is 0 Å². The van der Waals surface area contributed by atoms with Crippen molar-refractivity contribution in [2.75, 3.05) is 7.11 Å². The molecule has 0 unspecified atom stereocenters. The minimum Gasteiger partial charge on any atom is -0.506 e. The van der Waals surface area contributed by atoms with Crippen molar-refractivity contribution < 1.29 is 20.1 Å². The molecule has 0 amide bonds. The van der Waals surface area contributed by atoms with Gasteiger partial charge in [-0.2, -0.15) is 0 Å². The third-order valence-electron chi connectivity index (χ3n) is 2.33. The minimum atomic E-state index is -1.81. The maximum absolute atomic E-state index is 9.59. The molecule has 0 aliphatic carbocycles. The number of rotatable bonds is 2. The Morgan fingerprint density at radius 1 is 1.29 bits per heavy atom. The number of hydrogen-bond acceptors (Lipinski definition) is 5. The highest BCUT2D eigenvalue weighted by molar-refractivity contribution is 9.10. The molecule has 1 heterocycles. The number of benzene rings is 1. The lowest BCUT2D eigenvalue weighted by Gasteiger charge is -2.10. The number of nitrogens with zero attached hydrogens (tertiary/aromatic N) is 1. The van der Waals surface area contributed by atoms with Gasteiger partial charge in [-0.25, -0.2) is 4.98 Å². The van der Waals surface area contributed by atoms with Gasteiger partial charge in [-0.05, 0) is 34.1 Å². The molecule has 2 aromatic rings. The van der Waals surface area contributed by atoms with Crippen molar-refractivity contribution >= 4 is 26.8 Å².